The topological polar surface area (TPSA) is 49.3 Å². The minimum absolute atomic E-state index is 0.0828. The van der Waals surface area contributed by atoms with Crippen molar-refractivity contribution in [3.8, 4) is 0 Å². The molecule has 1 aliphatic carbocycles. The summed E-state index contributed by atoms with van der Waals surface area (Å²) < 4.78 is 0. The maximum atomic E-state index is 12.4. The number of anilines is 1. The highest BCUT2D eigenvalue weighted by atomic mass is 16.3. The van der Waals surface area contributed by atoms with Gasteiger partial charge in [0, 0.05) is 11.3 Å². The van der Waals surface area contributed by atoms with Crippen LogP contribution in [0.5, 0.6) is 0 Å². The Labute approximate surface area is 114 Å². The van der Waals surface area contributed by atoms with E-state index in [9.17, 15) is 9.90 Å². The minimum Gasteiger partial charge on any atom is -0.384 e. The van der Waals surface area contributed by atoms with Crippen molar-refractivity contribution in [1.82, 2.24) is 0 Å². The number of fused-ring (bicyclic) bond motifs is 1. The molecular formula is C16H21NO2. The van der Waals surface area contributed by atoms with Gasteiger partial charge >= 0.3 is 0 Å². The van der Waals surface area contributed by atoms with Crippen molar-refractivity contribution in [2.24, 2.45) is 11.3 Å². The zero-order chi connectivity index (χ0) is 13.7. The first kappa shape index (κ1) is 12.7. The van der Waals surface area contributed by atoms with Crippen molar-refractivity contribution >= 4 is 11.6 Å². The molecule has 0 saturated heterocycles. The van der Waals surface area contributed by atoms with Gasteiger partial charge in [0.25, 0.3) is 0 Å². The minimum atomic E-state index is -1.05. The van der Waals surface area contributed by atoms with Crippen molar-refractivity contribution in [1.29, 1.82) is 0 Å². The fourth-order valence-corrected chi connectivity index (χ4v) is 3.79. The van der Waals surface area contributed by atoms with E-state index in [0.717, 1.165) is 36.9 Å². The van der Waals surface area contributed by atoms with Gasteiger partial charge in [0.1, 0.15) is 5.60 Å². The van der Waals surface area contributed by atoms with Gasteiger partial charge in [-0.1, -0.05) is 31.0 Å². The number of hydrogen-bond donors (Lipinski definition) is 2. The van der Waals surface area contributed by atoms with E-state index in [0.29, 0.717) is 0 Å². The van der Waals surface area contributed by atoms with E-state index in [1.807, 2.05) is 38.1 Å². The predicted octanol–water partition coefficient (Wildman–Crippen LogP) is 3.04. The third-order valence-electron chi connectivity index (χ3n) is 5.05. The fraction of sp³-hybridized carbons (Fsp3) is 0.562. The van der Waals surface area contributed by atoms with Gasteiger partial charge < -0.3 is 10.4 Å². The molecule has 0 radical (unpaired) electrons. The maximum Gasteiger partial charge on any atom is 0.233 e. The summed E-state index contributed by atoms with van der Waals surface area (Å²) in [4.78, 5) is 12.4. The van der Waals surface area contributed by atoms with Crippen LogP contribution in [0.2, 0.25) is 0 Å². The molecule has 1 saturated carbocycles. The zero-order valence-electron chi connectivity index (χ0n) is 11.6. The maximum absolute atomic E-state index is 12.4. The van der Waals surface area contributed by atoms with Crippen molar-refractivity contribution in [2.45, 2.75) is 45.1 Å². The summed E-state index contributed by atoms with van der Waals surface area (Å²) in [5, 5.41) is 14.4. The Hall–Kier alpha value is -1.35. The van der Waals surface area contributed by atoms with E-state index in [2.05, 4.69) is 5.32 Å². The molecule has 1 aromatic carbocycles. The number of carbonyl (C=O) groups is 1. The third kappa shape index (κ3) is 1.57. The molecule has 102 valence electrons. The van der Waals surface area contributed by atoms with E-state index in [4.69, 9.17) is 0 Å². The Morgan fingerprint density at radius 1 is 1.21 bits per heavy atom. The van der Waals surface area contributed by atoms with Crippen LogP contribution in [-0.4, -0.2) is 11.0 Å². The second-order valence-corrected chi connectivity index (χ2v) is 6.37. The molecule has 2 N–H and O–H groups in total. The lowest BCUT2D eigenvalue weighted by Gasteiger charge is -2.49. The Kier molecular flexibility index (Phi) is 2.72. The first-order valence-corrected chi connectivity index (χ1v) is 7.11. The van der Waals surface area contributed by atoms with Crippen LogP contribution in [0, 0.1) is 11.3 Å². The number of nitrogens with one attached hydrogen (secondary N) is 1. The second-order valence-electron chi connectivity index (χ2n) is 6.37. The number of aliphatic hydroxyl groups is 1. The Morgan fingerprint density at radius 2 is 1.84 bits per heavy atom. The summed E-state index contributed by atoms with van der Waals surface area (Å²) in [7, 11) is 0. The Balaban J connectivity index is 2.20. The molecule has 3 rings (SSSR count). The Bertz CT molecular complexity index is 517. The molecule has 3 nitrogen and oxygen atoms in total. The average Bonchev–Trinajstić information content (AvgIpc) is 2.91. The lowest BCUT2D eigenvalue weighted by atomic mass is 9.61. The quantitative estimate of drug-likeness (QED) is 0.814. The molecule has 1 unspecified atom stereocenters. The van der Waals surface area contributed by atoms with Gasteiger partial charge in [-0.05, 0) is 38.7 Å². The van der Waals surface area contributed by atoms with E-state index in [1.165, 1.54) is 0 Å². The average molecular weight is 259 g/mol. The molecular weight excluding hydrogens is 238 g/mol. The summed E-state index contributed by atoms with van der Waals surface area (Å²) in [6.45, 7) is 3.72. The number of carbonyl (C=O) groups excluding carboxylic acids is 1. The fourth-order valence-electron chi connectivity index (χ4n) is 3.79. The molecule has 1 heterocycles. The van der Waals surface area contributed by atoms with Gasteiger partial charge in [-0.2, -0.15) is 0 Å². The molecule has 3 heteroatoms. The highest BCUT2D eigenvalue weighted by Gasteiger charge is 2.57. The SMILES string of the molecule is CC1(C)C(=O)Nc2ccccc2C1(O)C1CCCC1. The number of rotatable bonds is 1. The van der Waals surface area contributed by atoms with Crippen LogP contribution in [0.15, 0.2) is 24.3 Å². The van der Waals surface area contributed by atoms with Crippen molar-refractivity contribution in [3.05, 3.63) is 29.8 Å². The smallest absolute Gasteiger partial charge is 0.233 e. The van der Waals surface area contributed by atoms with Gasteiger partial charge in [-0.25, -0.2) is 0 Å². The van der Waals surface area contributed by atoms with Gasteiger partial charge in [0.2, 0.25) is 5.91 Å². The highest BCUT2D eigenvalue weighted by molar-refractivity contribution is 5.99. The monoisotopic (exact) mass is 259 g/mol. The second kappa shape index (κ2) is 4.07. The molecule has 0 spiro atoms. The van der Waals surface area contributed by atoms with Crippen LogP contribution in [0.25, 0.3) is 0 Å². The summed E-state index contributed by atoms with van der Waals surface area (Å²) >= 11 is 0. The molecule has 0 bridgehead atoms. The van der Waals surface area contributed by atoms with E-state index >= 15 is 0 Å². The molecule has 1 fully saturated rings. The number of hydrogen-bond acceptors (Lipinski definition) is 2. The zero-order valence-corrected chi connectivity index (χ0v) is 11.6. The van der Waals surface area contributed by atoms with Crippen LogP contribution in [0.4, 0.5) is 5.69 Å². The van der Waals surface area contributed by atoms with Gasteiger partial charge in [0.05, 0.1) is 5.41 Å². The summed E-state index contributed by atoms with van der Waals surface area (Å²) in [6, 6.07) is 7.66. The highest BCUT2D eigenvalue weighted by Crippen LogP contribution is 2.55. The van der Waals surface area contributed by atoms with E-state index in [-0.39, 0.29) is 11.8 Å². The number of benzene rings is 1. The van der Waals surface area contributed by atoms with Crippen LogP contribution in [0.1, 0.15) is 45.1 Å². The van der Waals surface area contributed by atoms with Gasteiger partial charge in [-0.3, -0.25) is 4.79 Å². The molecule has 1 amide bonds. The van der Waals surface area contributed by atoms with E-state index in [1.54, 1.807) is 0 Å². The largest absolute Gasteiger partial charge is 0.384 e. The molecule has 1 atom stereocenters. The summed E-state index contributed by atoms with van der Waals surface area (Å²) in [5.74, 6) is 0.0929. The van der Waals surface area contributed by atoms with Crippen molar-refractivity contribution < 1.29 is 9.90 Å². The molecule has 1 aromatic rings. The van der Waals surface area contributed by atoms with E-state index < -0.39 is 11.0 Å². The van der Waals surface area contributed by atoms with Gasteiger partial charge in [0.15, 0.2) is 0 Å². The predicted molar refractivity (Wildman–Crippen MR) is 74.7 cm³/mol. The molecule has 19 heavy (non-hydrogen) atoms. The first-order chi connectivity index (χ1) is 8.98. The lowest BCUT2D eigenvalue weighted by molar-refractivity contribution is -0.156. The standard InChI is InChI=1S/C16H21NO2/c1-15(2)14(18)17-13-10-6-5-9-12(13)16(15,19)11-7-3-4-8-11/h5-6,9-11,19H,3-4,7-8H2,1-2H3,(H,17,18). The number of para-hydroxylation sites is 1. The Morgan fingerprint density at radius 3 is 2.53 bits per heavy atom. The lowest BCUT2D eigenvalue weighted by Crippen LogP contribution is -2.56. The molecule has 2 aliphatic rings. The van der Waals surface area contributed by atoms with Crippen LogP contribution < -0.4 is 5.32 Å². The normalized spacial score (nSPS) is 29.9. The molecule has 1 aliphatic heterocycles. The first-order valence-electron chi connectivity index (χ1n) is 7.11. The molecule has 0 aromatic heterocycles. The van der Waals surface area contributed by atoms with Crippen molar-refractivity contribution in [2.75, 3.05) is 5.32 Å². The van der Waals surface area contributed by atoms with Crippen LogP contribution in [0.3, 0.4) is 0 Å². The van der Waals surface area contributed by atoms with Gasteiger partial charge in [-0.15, -0.1) is 0 Å². The summed E-state index contributed by atoms with van der Waals surface area (Å²) in [5.41, 5.74) is -0.202. The van der Waals surface area contributed by atoms with Crippen molar-refractivity contribution in [3.63, 3.8) is 0 Å². The summed E-state index contributed by atoms with van der Waals surface area (Å²) in [6.07, 6.45) is 4.29. The van der Waals surface area contributed by atoms with Crippen LogP contribution in [-0.2, 0) is 10.4 Å². The van der Waals surface area contributed by atoms with Crippen LogP contribution >= 0.6 is 0 Å². The third-order valence-corrected chi connectivity index (χ3v) is 5.05. The number of amides is 1.